The minimum Gasteiger partial charge on any atom is -0.497 e. The van der Waals surface area contributed by atoms with Crippen LogP contribution in [0.3, 0.4) is 0 Å². The van der Waals surface area contributed by atoms with Crippen LogP contribution in [0.25, 0.3) is 33.3 Å². The van der Waals surface area contributed by atoms with Crippen molar-refractivity contribution < 1.29 is 4.74 Å². The molecule has 0 fully saturated rings. The summed E-state index contributed by atoms with van der Waals surface area (Å²) in [6, 6.07) is 20.4. The lowest BCUT2D eigenvalue weighted by molar-refractivity contribution is 0.415. The van der Waals surface area contributed by atoms with Crippen LogP contribution in [-0.2, 0) is 0 Å². The smallest absolute Gasteiger partial charge is 0.118 e. The van der Waals surface area contributed by atoms with Crippen molar-refractivity contribution >= 4 is 10.9 Å². The van der Waals surface area contributed by atoms with Gasteiger partial charge in [-0.1, -0.05) is 42.5 Å². The second-order valence-electron chi connectivity index (χ2n) is 5.38. The first-order valence-corrected chi connectivity index (χ1v) is 7.53. The van der Waals surface area contributed by atoms with Gasteiger partial charge in [-0.2, -0.15) is 0 Å². The third kappa shape index (κ3) is 2.36. The molecule has 2 aromatic carbocycles. The van der Waals surface area contributed by atoms with E-state index in [4.69, 9.17) is 9.72 Å². The number of rotatable bonds is 3. The van der Waals surface area contributed by atoms with E-state index in [1.54, 1.807) is 7.11 Å². The number of nitrogens with one attached hydrogen (secondary N) is 1. The molecular weight excluding hydrogens is 284 g/mol. The predicted molar refractivity (Wildman–Crippen MR) is 93.5 cm³/mol. The molecule has 0 aliphatic heterocycles. The Labute approximate surface area is 134 Å². The molecule has 3 heteroatoms. The van der Waals surface area contributed by atoms with E-state index in [1.807, 2.05) is 42.7 Å². The highest BCUT2D eigenvalue weighted by Gasteiger charge is 2.11. The average Bonchev–Trinajstić information content (AvgIpc) is 3.11. The van der Waals surface area contributed by atoms with Gasteiger partial charge in [0.25, 0.3) is 0 Å². The van der Waals surface area contributed by atoms with E-state index >= 15 is 0 Å². The van der Waals surface area contributed by atoms with Crippen LogP contribution in [0.15, 0.2) is 73.1 Å². The molecular formula is C20H16N2O. The molecule has 0 spiro atoms. The number of hydrogen-bond donors (Lipinski definition) is 1. The van der Waals surface area contributed by atoms with Gasteiger partial charge in [0.2, 0.25) is 0 Å². The monoisotopic (exact) mass is 300 g/mol. The van der Waals surface area contributed by atoms with E-state index in [0.29, 0.717) is 0 Å². The van der Waals surface area contributed by atoms with Crippen molar-refractivity contribution in [2.45, 2.75) is 0 Å². The summed E-state index contributed by atoms with van der Waals surface area (Å²) < 4.78 is 5.23. The lowest BCUT2D eigenvalue weighted by atomic mass is 10.0. The minimum atomic E-state index is 0.852. The number of aromatic nitrogens is 2. The number of ether oxygens (including phenoxy) is 1. The van der Waals surface area contributed by atoms with Crippen molar-refractivity contribution in [3.8, 4) is 28.1 Å². The Balaban J connectivity index is 1.88. The van der Waals surface area contributed by atoms with Gasteiger partial charge in [0.05, 0.1) is 18.3 Å². The molecule has 0 atom stereocenters. The molecule has 23 heavy (non-hydrogen) atoms. The molecule has 0 saturated heterocycles. The van der Waals surface area contributed by atoms with Gasteiger partial charge >= 0.3 is 0 Å². The first-order valence-electron chi connectivity index (χ1n) is 7.53. The molecule has 4 rings (SSSR count). The van der Waals surface area contributed by atoms with Gasteiger partial charge in [-0.3, -0.25) is 4.98 Å². The van der Waals surface area contributed by atoms with Crippen molar-refractivity contribution in [3.05, 3.63) is 73.1 Å². The number of benzene rings is 2. The Kier molecular flexibility index (Phi) is 3.31. The van der Waals surface area contributed by atoms with Gasteiger partial charge in [0, 0.05) is 28.9 Å². The topological polar surface area (TPSA) is 37.9 Å². The highest BCUT2D eigenvalue weighted by Crippen LogP contribution is 2.33. The molecule has 2 heterocycles. The van der Waals surface area contributed by atoms with Crippen molar-refractivity contribution in [1.29, 1.82) is 0 Å². The van der Waals surface area contributed by atoms with Crippen LogP contribution in [0, 0.1) is 0 Å². The predicted octanol–water partition coefficient (Wildman–Crippen LogP) is 4.91. The van der Waals surface area contributed by atoms with Gasteiger partial charge in [-0.05, 0) is 23.8 Å². The summed E-state index contributed by atoms with van der Waals surface area (Å²) in [5, 5.41) is 1.13. The first-order chi connectivity index (χ1) is 11.4. The van der Waals surface area contributed by atoms with Gasteiger partial charge in [-0.25, -0.2) is 0 Å². The SMILES string of the molecule is COc1ccc(-c2cnc(-c3ccccc3)c3cc[nH]c23)cc1. The minimum absolute atomic E-state index is 0.852. The Hall–Kier alpha value is -3.07. The van der Waals surface area contributed by atoms with Crippen LogP contribution in [-0.4, -0.2) is 17.1 Å². The van der Waals surface area contributed by atoms with Crippen LogP contribution >= 0.6 is 0 Å². The number of fused-ring (bicyclic) bond motifs is 1. The summed E-state index contributed by atoms with van der Waals surface area (Å²) in [6.45, 7) is 0. The fourth-order valence-corrected chi connectivity index (χ4v) is 2.87. The Morgan fingerprint density at radius 3 is 2.39 bits per heavy atom. The quantitative estimate of drug-likeness (QED) is 0.584. The zero-order valence-corrected chi connectivity index (χ0v) is 12.8. The van der Waals surface area contributed by atoms with Crippen molar-refractivity contribution in [1.82, 2.24) is 9.97 Å². The van der Waals surface area contributed by atoms with Crippen LogP contribution in [0.4, 0.5) is 0 Å². The number of aromatic amines is 1. The standard InChI is InChI=1S/C20H16N2O/c1-23-16-9-7-14(8-10-16)18-13-22-19(15-5-3-2-4-6-15)17-11-12-21-20(17)18/h2-13,21H,1H3. The fourth-order valence-electron chi connectivity index (χ4n) is 2.87. The molecule has 0 aliphatic rings. The second kappa shape index (κ2) is 5.61. The van der Waals surface area contributed by atoms with E-state index in [2.05, 4.69) is 35.3 Å². The molecule has 1 N–H and O–H groups in total. The molecule has 0 aliphatic carbocycles. The van der Waals surface area contributed by atoms with Gasteiger partial charge in [0.1, 0.15) is 5.75 Å². The maximum absolute atomic E-state index is 5.23. The van der Waals surface area contributed by atoms with Crippen LogP contribution < -0.4 is 4.74 Å². The number of methoxy groups -OCH3 is 1. The third-order valence-corrected chi connectivity index (χ3v) is 4.04. The van der Waals surface area contributed by atoms with Gasteiger partial charge in [0.15, 0.2) is 0 Å². The molecule has 0 radical (unpaired) electrons. The number of H-pyrrole nitrogens is 1. The van der Waals surface area contributed by atoms with Crippen LogP contribution in [0.1, 0.15) is 0 Å². The van der Waals surface area contributed by atoms with Gasteiger partial charge in [-0.15, -0.1) is 0 Å². The summed E-state index contributed by atoms with van der Waals surface area (Å²) in [5.74, 6) is 0.852. The Bertz CT molecular complexity index is 940. The largest absolute Gasteiger partial charge is 0.497 e. The summed E-state index contributed by atoms with van der Waals surface area (Å²) in [7, 11) is 1.67. The molecule has 0 saturated carbocycles. The molecule has 0 bridgehead atoms. The summed E-state index contributed by atoms with van der Waals surface area (Å²) >= 11 is 0. The Morgan fingerprint density at radius 2 is 1.65 bits per heavy atom. The number of pyridine rings is 1. The third-order valence-electron chi connectivity index (χ3n) is 4.04. The molecule has 4 aromatic rings. The van der Waals surface area contributed by atoms with E-state index in [1.165, 1.54) is 0 Å². The molecule has 0 unspecified atom stereocenters. The van der Waals surface area contributed by atoms with E-state index in [-0.39, 0.29) is 0 Å². The molecule has 3 nitrogen and oxygen atoms in total. The van der Waals surface area contributed by atoms with Crippen LogP contribution in [0.5, 0.6) is 5.75 Å². The lowest BCUT2D eigenvalue weighted by Crippen LogP contribution is -1.89. The van der Waals surface area contributed by atoms with Crippen molar-refractivity contribution in [2.24, 2.45) is 0 Å². The highest BCUT2D eigenvalue weighted by atomic mass is 16.5. The summed E-state index contributed by atoms with van der Waals surface area (Å²) in [4.78, 5) is 8.07. The van der Waals surface area contributed by atoms with Gasteiger partial charge < -0.3 is 9.72 Å². The zero-order chi connectivity index (χ0) is 15.6. The maximum Gasteiger partial charge on any atom is 0.118 e. The molecule has 0 amide bonds. The summed E-state index contributed by atoms with van der Waals surface area (Å²) in [6.07, 6.45) is 3.90. The van der Waals surface area contributed by atoms with E-state index in [0.717, 1.165) is 39.0 Å². The Morgan fingerprint density at radius 1 is 0.870 bits per heavy atom. The number of hydrogen-bond acceptors (Lipinski definition) is 2. The average molecular weight is 300 g/mol. The molecule has 112 valence electrons. The highest BCUT2D eigenvalue weighted by molar-refractivity contribution is 6.01. The summed E-state index contributed by atoms with van der Waals surface area (Å²) in [5.41, 5.74) is 5.43. The lowest BCUT2D eigenvalue weighted by Gasteiger charge is -2.08. The second-order valence-corrected chi connectivity index (χ2v) is 5.38. The first kappa shape index (κ1) is 13.6. The zero-order valence-electron chi connectivity index (χ0n) is 12.8. The van der Waals surface area contributed by atoms with E-state index in [9.17, 15) is 0 Å². The van der Waals surface area contributed by atoms with Crippen molar-refractivity contribution in [3.63, 3.8) is 0 Å². The van der Waals surface area contributed by atoms with E-state index < -0.39 is 0 Å². The number of nitrogens with zero attached hydrogens (tertiary/aromatic N) is 1. The van der Waals surface area contributed by atoms with Crippen molar-refractivity contribution in [2.75, 3.05) is 7.11 Å². The molecule has 2 aromatic heterocycles. The maximum atomic E-state index is 5.23. The fraction of sp³-hybridized carbons (Fsp3) is 0.0500. The normalized spacial score (nSPS) is 10.8. The van der Waals surface area contributed by atoms with Crippen LogP contribution in [0.2, 0.25) is 0 Å².